The van der Waals surface area contributed by atoms with E-state index in [1.807, 2.05) is 19.1 Å². The van der Waals surface area contributed by atoms with Gasteiger partial charge in [0.2, 0.25) is 11.8 Å². The standard InChI is InChI=1S/C19H19ClFN3O2/c1-12-2-3-16(11-23-12)24-7-5-17(19(24)26)18(25)22-6-4-13-8-14(20)10-15(21)9-13/h2-3,8-11,17H,4-7H2,1H3,(H,22,25). The Bertz CT molecular complexity index is 806. The minimum absolute atomic E-state index is 0.220. The number of hydrogen-bond donors (Lipinski definition) is 1. The van der Waals surface area contributed by atoms with E-state index < -0.39 is 11.7 Å². The molecule has 26 heavy (non-hydrogen) atoms. The van der Waals surface area contributed by atoms with Crippen LogP contribution in [-0.2, 0) is 16.0 Å². The van der Waals surface area contributed by atoms with Gasteiger partial charge in [-0.05, 0) is 55.7 Å². The molecule has 1 saturated heterocycles. The normalized spacial score (nSPS) is 16.8. The Hall–Kier alpha value is -2.47. The van der Waals surface area contributed by atoms with Crippen LogP contribution in [0, 0.1) is 18.7 Å². The average molecular weight is 376 g/mol. The smallest absolute Gasteiger partial charge is 0.239 e. The lowest BCUT2D eigenvalue weighted by molar-refractivity contribution is -0.132. The summed E-state index contributed by atoms with van der Waals surface area (Å²) in [5.74, 6) is -1.64. The first kappa shape index (κ1) is 18.3. The van der Waals surface area contributed by atoms with Gasteiger partial charge in [-0.1, -0.05) is 11.6 Å². The third-order valence-corrected chi connectivity index (χ3v) is 4.58. The first-order valence-corrected chi connectivity index (χ1v) is 8.78. The highest BCUT2D eigenvalue weighted by Gasteiger charge is 2.37. The highest BCUT2D eigenvalue weighted by atomic mass is 35.5. The molecule has 1 aromatic heterocycles. The van der Waals surface area contributed by atoms with E-state index in [1.165, 1.54) is 12.1 Å². The molecular formula is C19H19ClFN3O2. The predicted molar refractivity (Wildman–Crippen MR) is 97.6 cm³/mol. The van der Waals surface area contributed by atoms with Crippen molar-refractivity contribution in [1.29, 1.82) is 0 Å². The van der Waals surface area contributed by atoms with Crippen molar-refractivity contribution in [2.45, 2.75) is 19.8 Å². The fourth-order valence-corrected chi connectivity index (χ4v) is 3.25. The zero-order valence-corrected chi connectivity index (χ0v) is 15.1. The second-order valence-corrected chi connectivity index (χ2v) is 6.74. The van der Waals surface area contributed by atoms with Crippen LogP contribution in [0.25, 0.3) is 0 Å². The van der Waals surface area contributed by atoms with E-state index in [0.29, 0.717) is 42.2 Å². The topological polar surface area (TPSA) is 62.3 Å². The number of rotatable bonds is 5. The zero-order chi connectivity index (χ0) is 18.7. The Labute approximate surface area is 156 Å². The van der Waals surface area contributed by atoms with E-state index in [4.69, 9.17) is 11.6 Å². The minimum atomic E-state index is -0.701. The number of carbonyl (C=O) groups is 2. The van der Waals surface area contributed by atoms with Crippen LogP contribution in [0.1, 0.15) is 17.7 Å². The van der Waals surface area contributed by atoms with E-state index in [2.05, 4.69) is 10.3 Å². The van der Waals surface area contributed by atoms with Crippen molar-refractivity contribution in [3.8, 4) is 0 Å². The zero-order valence-electron chi connectivity index (χ0n) is 14.3. The second-order valence-electron chi connectivity index (χ2n) is 6.31. The Morgan fingerprint density at radius 3 is 2.88 bits per heavy atom. The molecule has 2 amide bonds. The van der Waals surface area contributed by atoms with Crippen LogP contribution in [0.4, 0.5) is 10.1 Å². The maximum atomic E-state index is 13.3. The third-order valence-electron chi connectivity index (χ3n) is 4.36. The van der Waals surface area contributed by atoms with Gasteiger partial charge in [0.1, 0.15) is 11.7 Å². The highest BCUT2D eigenvalue weighted by molar-refractivity contribution is 6.30. The van der Waals surface area contributed by atoms with Gasteiger partial charge in [-0.15, -0.1) is 0 Å². The molecule has 1 unspecified atom stereocenters. The Balaban J connectivity index is 1.55. The summed E-state index contributed by atoms with van der Waals surface area (Å²) in [4.78, 5) is 30.6. The van der Waals surface area contributed by atoms with Crippen LogP contribution in [0.3, 0.4) is 0 Å². The lowest BCUT2D eigenvalue weighted by atomic mass is 10.1. The molecule has 1 aliphatic rings. The fraction of sp³-hybridized carbons (Fsp3) is 0.316. The SMILES string of the molecule is Cc1ccc(N2CCC(C(=O)NCCc3cc(F)cc(Cl)c3)C2=O)cn1. The van der Waals surface area contributed by atoms with E-state index in [1.54, 1.807) is 17.2 Å². The summed E-state index contributed by atoms with van der Waals surface area (Å²) in [6, 6.07) is 7.93. The number of aromatic nitrogens is 1. The van der Waals surface area contributed by atoms with Crippen molar-refractivity contribution >= 4 is 29.1 Å². The molecule has 0 bridgehead atoms. The van der Waals surface area contributed by atoms with Crippen molar-refractivity contribution in [2.24, 2.45) is 5.92 Å². The van der Waals surface area contributed by atoms with Gasteiger partial charge in [0, 0.05) is 23.8 Å². The van der Waals surface area contributed by atoms with Crippen molar-refractivity contribution in [3.05, 3.63) is 58.6 Å². The average Bonchev–Trinajstić information content (AvgIpc) is 2.96. The van der Waals surface area contributed by atoms with Gasteiger partial charge in [-0.2, -0.15) is 0 Å². The first-order chi connectivity index (χ1) is 12.4. The monoisotopic (exact) mass is 375 g/mol. The second kappa shape index (κ2) is 7.83. The molecule has 0 spiro atoms. The molecule has 1 aromatic carbocycles. The first-order valence-electron chi connectivity index (χ1n) is 8.41. The van der Waals surface area contributed by atoms with Crippen molar-refractivity contribution in [2.75, 3.05) is 18.0 Å². The number of halogens is 2. The van der Waals surface area contributed by atoms with E-state index >= 15 is 0 Å². The number of aryl methyl sites for hydroxylation is 1. The summed E-state index contributed by atoms with van der Waals surface area (Å²) in [5.41, 5.74) is 2.26. The molecule has 0 saturated carbocycles. The van der Waals surface area contributed by atoms with Gasteiger partial charge >= 0.3 is 0 Å². The third kappa shape index (κ3) is 4.19. The molecule has 5 nitrogen and oxygen atoms in total. The molecule has 2 aromatic rings. The summed E-state index contributed by atoms with van der Waals surface area (Å²) in [5, 5.41) is 3.08. The Kier molecular flexibility index (Phi) is 5.52. The largest absolute Gasteiger partial charge is 0.355 e. The summed E-state index contributed by atoms with van der Waals surface area (Å²) >= 11 is 5.82. The lowest BCUT2D eigenvalue weighted by Gasteiger charge is -2.16. The predicted octanol–water partition coefficient (Wildman–Crippen LogP) is 2.89. The number of hydrogen-bond acceptors (Lipinski definition) is 3. The Morgan fingerprint density at radius 2 is 2.19 bits per heavy atom. The van der Waals surface area contributed by atoms with E-state index in [9.17, 15) is 14.0 Å². The van der Waals surface area contributed by atoms with Crippen molar-refractivity contribution in [1.82, 2.24) is 10.3 Å². The molecule has 1 N–H and O–H groups in total. The molecule has 136 valence electrons. The molecule has 1 atom stereocenters. The van der Waals surface area contributed by atoms with Gasteiger partial charge in [-0.25, -0.2) is 4.39 Å². The summed E-state index contributed by atoms with van der Waals surface area (Å²) in [6.07, 6.45) is 2.54. The number of amides is 2. The number of anilines is 1. The fourth-order valence-electron chi connectivity index (χ4n) is 3.01. The van der Waals surface area contributed by atoms with E-state index in [0.717, 1.165) is 5.69 Å². The quantitative estimate of drug-likeness (QED) is 0.817. The number of carbonyl (C=O) groups excluding carboxylic acids is 2. The molecule has 1 fully saturated rings. The number of nitrogens with zero attached hydrogens (tertiary/aromatic N) is 2. The maximum absolute atomic E-state index is 13.3. The number of benzene rings is 1. The van der Waals surface area contributed by atoms with Gasteiger partial charge in [0.15, 0.2) is 0 Å². The van der Waals surface area contributed by atoms with Crippen LogP contribution >= 0.6 is 11.6 Å². The molecule has 3 rings (SSSR count). The van der Waals surface area contributed by atoms with Crippen LogP contribution in [0.15, 0.2) is 36.5 Å². The van der Waals surface area contributed by atoms with Crippen molar-refractivity contribution in [3.63, 3.8) is 0 Å². The molecule has 0 aliphatic carbocycles. The minimum Gasteiger partial charge on any atom is -0.355 e. The maximum Gasteiger partial charge on any atom is 0.239 e. The van der Waals surface area contributed by atoms with Gasteiger partial charge < -0.3 is 10.2 Å². The molecule has 2 heterocycles. The number of nitrogens with one attached hydrogen (secondary N) is 1. The highest BCUT2D eigenvalue weighted by Crippen LogP contribution is 2.25. The van der Waals surface area contributed by atoms with Gasteiger partial charge in [0.05, 0.1) is 11.9 Å². The van der Waals surface area contributed by atoms with Gasteiger partial charge in [0.25, 0.3) is 0 Å². The molecule has 7 heteroatoms. The van der Waals surface area contributed by atoms with Crippen LogP contribution in [0.5, 0.6) is 0 Å². The Morgan fingerprint density at radius 1 is 1.38 bits per heavy atom. The summed E-state index contributed by atoms with van der Waals surface area (Å²) in [7, 11) is 0. The summed E-state index contributed by atoms with van der Waals surface area (Å²) < 4.78 is 13.3. The van der Waals surface area contributed by atoms with Crippen molar-refractivity contribution < 1.29 is 14.0 Å². The van der Waals surface area contributed by atoms with Crippen LogP contribution in [-0.4, -0.2) is 29.9 Å². The number of pyridine rings is 1. The lowest BCUT2D eigenvalue weighted by Crippen LogP contribution is -2.37. The molecular weight excluding hydrogens is 357 g/mol. The van der Waals surface area contributed by atoms with Gasteiger partial charge in [-0.3, -0.25) is 14.6 Å². The summed E-state index contributed by atoms with van der Waals surface area (Å²) in [6.45, 7) is 2.67. The van der Waals surface area contributed by atoms with Crippen LogP contribution < -0.4 is 10.2 Å². The molecule has 0 radical (unpaired) electrons. The molecule has 1 aliphatic heterocycles. The van der Waals surface area contributed by atoms with Crippen LogP contribution in [0.2, 0.25) is 5.02 Å². The van der Waals surface area contributed by atoms with E-state index in [-0.39, 0.29) is 11.8 Å².